The third-order valence-electron chi connectivity index (χ3n) is 4.65. The standard InChI is InChI=1S/C20H25ClN2O3/c1-25-20-7-2-15(12-19(20)24)13-22-14-18(23-8-10-26-11-9-23)16-3-5-17(21)6-4-16/h2-7,12,18,22,24H,8-11,13-14H2,1H3. The molecule has 26 heavy (non-hydrogen) atoms. The highest BCUT2D eigenvalue weighted by molar-refractivity contribution is 6.30. The number of ether oxygens (including phenoxy) is 2. The molecule has 1 heterocycles. The Kier molecular flexibility index (Phi) is 6.74. The average Bonchev–Trinajstić information content (AvgIpc) is 2.67. The molecule has 0 saturated carbocycles. The molecule has 2 aromatic carbocycles. The van der Waals surface area contributed by atoms with Crippen LogP contribution in [-0.2, 0) is 11.3 Å². The molecule has 1 fully saturated rings. The van der Waals surface area contributed by atoms with Crippen LogP contribution in [0.15, 0.2) is 42.5 Å². The van der Waals surface area contributed by atoms with Crippen molar-refractivity contribution < 1.29 is 14.6 Å². The monoisotopic (exact) mass is 376 g/mol. The van der Waals surface area contributed by atoms with Crippen molar-refractivity contribution in [3.05, 3.63) is 58.6 Å². The molecule has 1 unspecified atom stereocenters. The van der Waals surface area contributed by atoms with Crippen molar-refractivity contribution in [2.75, 3.05) is 40.0 Å². The lowest BCUT2D eigenvalue weighted by molar-refractivity contribution is 0.0161. The van der Waals surface area contributed by atoms with Crippen molar-refractivity contribution in [2.45, 2.75) is 12.6 Å². The highest BCUT2D eigenvalue weighted by Gasteiger charge is 2.22. The molecule has 2 N–H and O–H groups in total. The second-order valence-electron chi connectivity index (χ2n) is 6.35. The summed E-state index contributed by atoms with van der Waals surface area (Å²) in [4.78, 5) is 2.44. The first-order chi connectivity index (χ1) is 12.7. The van der Waals surface area contributed by atoms with Gasteiger partial charge in [0.1, 0.15) is 0 Å². The number of halogens is 1. The molecule has 0 amide bonds. The minimum absolute atomic E-state index is 0.161. The van der Waals surface area contributed by atoms with Crippen LogP contribution in [0.3, 0.4) is 0 Å². The molecular formula is C20H25ClN2O3. The molecule has 5 nitrogen and oxygen atoms in total. The molecule has 1 aliphatic heterocycles. The zero-order valence-corrected chi connectivity index (χ0v) is 15.7. The maximum Gasteiger partial charge on any atom is 0.160 e. The normalized spacial score (nSPS) is 16.4. The first-order valence-corrected chi connectivity index (χ1v) is 9.19. The number of nitrogens with one attached hydrogen (secondary N) is 1. The van der Waals surface area contributed by atoms with E-state index in [0.29, 0.717) is 12.3 Å². The van der Waals surface area contributed by atoms with E-state index < -0.39 is 0 Å². The van der Waals surface area contributed by atoms with Crippen LogP contribution in [0.2, 0.25) is 5.02 Å². The lowest BCUT2D eigenvalue weighted by atomic mass is 10.0. The van der Waals surface area contributed by atoms with Gasteiger partial charge in [-0.1, -0.05) is 29.8 Å². The fraction of sp³-hybridized carbons (Fsp3) is 0.400. The molecule has 6 heteroatoms. The summed E-state index contributed by atoms with van der Waals surface area (Å²) in [7, 11) is 1.55. The van der Waals surface area contributed by atoms with Crippen molar-refractivity contribution in [1.82, 2.24) is 10.2 Å². The van der Waals surface area contributed by atoms with Gasteiger partial charge in [-0.25, -0.2) is 0 Å². The van der Waals surface area contributed by atoms with Crippen LogP contribution < -0.4 is 10.1 Å². The largest absolute Gasteiger partial charge is 0.504 e. The number of phenolic OH excluding ortho intramolecular Hbond substituents is 1. The number of hydrogen-bond acceptors (Lipinski definition) is 5. The number of aromatic hydroxyl groups is 1. The minimum Gasteiger partial charge on any atom is -0.504 e. The first kappa shape index (κ1) is 19.0. The summed E-state index contributed by atoms with van der Waals surface area (Å²) in [5.74, 6) is 0.648. The van der Waals surface area contributed by atoms with E-state index in [-0.39, 0.29) is 11.8 Å². The van der Waals surface area contributed by atoms with E-state index in [4.69, 9.17) is 21.1 Å². The van der Waals surface area contributed by atoms with Crippen molar-refractivity contribution >= 4 is 11.6 Å². The van der Waals surface area contributed by atoms with E-state index in [0.717, 1.165) is 43.4 Å². The van der Waals surface area contributed by atoms with Gasteiger partial charge in [-0.3, -0.25) is 4.90 Å². The van der Waals surface area contributed by atoms with Gasteiger partial charge in [0.05, 0.1) is 20.3 Å². The molecule has 1 saturated heterocycles. The van der Waals surface area contributed by atoms with Crippen molar-refractivity contribution in [2.24, 2.45) is 0 Å². The van der Waals surface area contributed by atoms with Crippen molar-refractivity contribution in [3.8, 4) is 11.5 Å². The second-order valence-corrected chi connectivity index (χ2v) is 6.79. The molecule has 140 valence electrons. The lowest BCUT2D eigenvalue weighted by Gasteiger charge is -2.35. The Balaban J connectivity index is 1.65. The summed E-state index contributed by atoms with van der Waals surface area (Å²) >= 11 is 6.04. The van der Waals surface area contributed by atoms with E-state index in [1.54, 1.807) is 19.2 Å². The first-order valence-electron chi connectivity index (χ1n) is 8.81. The van der Waals surface area contributed by atoms with E-state index in [2.05, 4.69) is 22.3 Å². The van der Waals surface area contributed by atoms with Crippen LogP contribution in [0, 0.1) is 0 Å². The van der Waals surface area contributed by atoms with E-state index in [9.17, 15) is 5.11 Å². The maximum atomic E-state index is 9.92. The zero-order valence-electron chi connectivity index (χ0n) is 15.0. The number of benzene rings is 2. The molecule has 0 aromatic heterocycles. The lowest BCUT2D eigenvalue weighted by Crippen LogP contribution is -2.42. The molecular weight excluding hydrogens is 352 g/mol. The van der Waals surface area contributed by atoms with Gasteiger partial charge in [0, 0.05) is 37.2 Å². The number of morpholine rings is 1. The molecule has 1 aliphatic rings. The Morgan fingerprint density at radius 2 is 1.92 bits per heavy atom. The Hall–Kier alpha value is -1.79. The Morgan fingerprint density at radius 3 is 2.58 bits per heavy atom. The van der Waals surface area contributed by atoms with Gasteiger partial charge in [-0.15, -0.1) is 0 Å². The number of methoxy groups -OCH3 is 1. The number of nitrogens with zero attached hydrogens (tertiary/aromatic N) is 1. The van der Waals surface area contributed by atoms with Gasteiger partial charge in [0.25, 0.3) is 0 Å². The van der Waals surface area contributed by atoms with Crippen molar-refractivity contribution in [1.29, 1.82) is 0 Å². The Labute approximate surface area is 159 Å². The fourth-order valence-electron chi connectivity index (χ4n) is 3.23. The summed E-state index contributed by atoms with van der Waals surface area (Å²) < 4.78 is 10.6. The van der Waals surface area contributed by atoms with Crippen LogP contribution in [-0.4, -0.2) is 50.0 Å². The zero-order chi connectivity index (χ0) is 18.4. The number of hydrogen-bond donors (Lipinski definition) is 2. The van der Waals surface area contributed by atoms with E-state index >= 15 is 0 Å². The molecule has 2 aromatic rings. The third kappa shape index (κ3) is 4.89. The summed E-state index contributed by atoms with van der Waals surface area (Å²) in [6.07, 6.45) is 0. The highest BCUT2D eigenvalue weighted by atomic mass is 35.5. The predicted molar refractivity (Wildman–Crippen MR) is 103 cm³/mol. The van der Waals surface area contributed by atoms with E-state index in [1.807, 2.05) is 18.2 Å². The van der Waals surface area contributed by atoms with E-state index in [1.165, 1.54) is 5.56 Å². The Bertz CT molecular complexity index is 703. The van der Waals surface area contributed by atoms with Gasteiger partial charge in [0.15, 0.2) is 11.5 Å². The molecule has 0 aliphatic carbocycles. The van der Waals surface area contributed by atoms with Crippen LogP contribution in [0.25, 0.3) is 0 Å². The van der Waals surface area contributed by atoms with Crippen LogP contribution in [0.1, 0.15) is 17.2 Å². The third-order valence-corrected chi connectivity index (χ3v) is 4.90. The molecule has 0 spiro atoms. The van der Waals surface area contributed by atoms with Gasteiger partial charge >= 0.3 is 0 Å². The second kappa shape index (κ2) is 9.24. The fourth-order valence-corrected chi connectivity index (χ4v) is 3.36. The predicted octanol–water partition coefficient (Wildman–Crippen LogP) is 3.22. The van der Waals surface area contributed by atoms with Gasteiger partial charge in [-0.05, 0) is 35.4 Å². The van der Waals surface area contributed by atoms with Gasteiger partial charge < -0.3 is 19.9 Å². The topological polar surface area (TPSA) is 54.0 Å². The molecule has 3 rings (SSSR count). The highest BCUT2D eigenvalue weighted by Crippen LogP contribution is 2.27. The summed E-state index contributed by atoms with van der Waals surface area (Å²) in [6, 6.07) is 13.8. The number of phenols is 1. The molecule has 0 bridgehead atoms. The molecule has 1 atom stereocenters. The average molecular weight is 377 g/mol. The van der Waals surface area contributed by atoms with Crippen LogP contribution in [0.4, 0.5) is 0 Å². The van der Waals surface area contributed by atoms with Gasteiger partial charge in [0.2, 0.25) is 0 Å². The van der Waals surface area contributed by atoms with Crippen LogP contribution in [0.5, 0.6) is 11.5 Å². The molecule has 0 radical (unpaired) electrons. The van der Waals surface area contributed by atoms with Crippen LogP contribution >= 0.6 is 11.6 Å². The smallest absolute Gasteiger partial charge is 0.160 e. The Morgan fingerprint density at radius 1 is 1.19 bits per heavy atom. The van der Waals surface area contributed by atoms with Crippen molar-refractivity contribution in [3.63, 3.8) is 0 Å². The summed E-state index contributed by atoms with van der Waals surface area (Å²) in [5, 5.41) is 14.2. The number of rotatable bonds is 7. The summed E-state index contributed by atoms with van der Waals surface area (Å²) in [6.45, 7) is 4.82. The SMILES string of the molecule is COc1ccc(CNCC(c2ccc(Cl)cc2)N2CCOCC2)cc1O. The maximum absolute atomic E-state index is 9.92. The minimum atomic E-state index is 0.161. The summed E-state index contributed by atoms with van der Waals surface area (Å²) in [5.41, 5.74) is 2.25. The quantitative estimate of drug-likeness (QED) is 0.777. The van der Waals surface area contributed by atoms with Gasteiger partial charge in [-0.2, -0.15) is 0 Å².